The Labute approximate surface area is 70.1 Å². The van der Waals surface area contributed by atoms with Crippen LogP contribution in [0, 0.1) is 11.8 Å². The van der Waals surface area contributed by atoms with Gasteiger partial charge >= 0.3 is 0 Å². The molecule has 0 unspecified atom stereocenters. The van der Waals surface area contributed by atoms with Crippen molar-refractivity contribution in [1.82, 2.24) is 0 Å². The molecule has 0 aromatic rings. The van der Waals surface area contributed by atoms with Crippen LogP contribution in [0.1, 0.15) is 33.6 Å². The van der Waals surface area contributed by atoms with E-state index in [0.29, 0.717) is 11.8 Å². The molecule has 0 saturated heterocycles. The van der Waals surface area contributed by atoms with Crippen LogP contribution in [0.25, 0.3) is 0 Å². The third-order valence-corrected chi connectivity index (χ3v) is 2.32. The molecule has 0 fully saturated rings. The van der Waals surface area contributed by atoms with Gasteiger partial charge in [-0.2, -0.15) is 0 Å². The van der Waals surface area contributed by atoms with E-state index in [0.717, 1.165) is 12.8 Å². The first-order valence-electron chi connectivity index (χ1n) is 4.42. The first-order valence-corrected chi connectivity index (χ1v) is 4.42. The van der Waals surface area contributed by atoms with E-state index in [9.17, 15) is 5.11 Å². The lowest BCUT2D eigenvalue weighted by atomic mass is 9.93. The highest BCUT2D eigenvalue weighted by molar-refractivity contribution is 4.78. The van der Waals surface area contributed by atoms with Crippen LogP contribution in [0.3, 0.4) is 0 Å². The Balaban J connectivity index is 3.66. The van der Waals surface area contributed by atoms with Crippen LogP contribution in [0.4, 0.5) is 0 Å². The van der Waals surface area contributed by atoms with Crippen LogP contribution in [-0.2, 0) is 0 Å². The highest BCUT2D eigenvalue weighted by atomic mass is 16.3. The van der Waals surface area contributed by atoms with Crippen LogP contribution < -0.4 is 0 Å². The van der Waals surface area contributed by atoms with E-state index >= 15 is 0 Å². The Hall–Kier alpha value is -0.300. The van der Waals surface area contributed by atoms with Gasteiger partial charge < -0.3 is 5.11 Å². The molecule has 0 amide bonds. The molecular formula is C10H20O. The van der Waals surface area contributed by atoms with Crippen molar-refractivity contribution in [3.8, 4) is 0 Å². The number of aliphatic hydroxyl groups excluding tert-OH is 1. The summed E-state index contributed by atoms with van der Waals surface area (Å²) in [6, 6.07) is 0. The molecule has 1 N–H and O–H groups in total. The smallest absolute Gasteiger partial charge is 0.0571 e. The zero-order valence-electron chi connectivity index (χ0n) is 7.88. The van der Waals surface area contributed by atoms with E-state index in [1.807, 2.05) is 6.08 Å². The van der Waals surface area contributed by atoms with Gasteiger partial charge in [-0.1, -0.05) is 33.3 Å². The van der Waals surface area contributed by atoms with E-state index in [4.69, 9.17) is 0 Å². The fourth-order valence-electron chi connectivity index (χ4n) is 0.982. The van der Waals surface area contributed by atoms with Crippen molar-refractivity contribution in [2.45, 2.75) is 39.7 Å². The summed E-state index contributed by atoms with van der Waals surface area (Å²) in [6.45, 7) is 9.96. The Bertz CT molecular complexity index is 109. The molecule has 0 aliphatic carbocycles. The largest absolute Gasteiger partial charge is 0.393 e. The fraction of sp³-hybridized carbons (Fsp3) is 0.800. The predicted molar refractivity (Wildman–Crippen MR) is 49.4 cm³/mol. The van der Waals surface area contributed by atoms with E-state index in [2.05, 4.69) is 27.4 Å². The molecule has 0 heterocycles. The third-order valence-electron chi connectivity index (χ3n) is 2.32. The van der Waals surface area contributed by atoms with E-state index in [1.165, 1.54) is 0 Å². The molecule has 66 valence electrons. The third kappa shape index (κ3) is 4.20. The van der Waals surface area contributed by atoms with E-state index in [1.54, 1.807) is 0 Å². The lowest BCUT2D eigenvalue weighted by Gasteiger charge is -2.18. The molecular weight excluding hydrogens is 136 g/mol. The summed E-state index contributed by atoms with van der Waals surface area (Å²) in [5, 5.41) is 9.57. The average Bonchev–Trinajstić information content (AvgIpc) is 2.02. The lowest BCUT2D eigenvalue weighted by molar-refractivity contribution is 0.0963. The van der Waals surface area contributed by atoms with Crippen LogP contribution in [0.5, 0.6) is 0 Å². The van der Waals surface area contributed by atoms with E-state index < -0.39 is 0 Å². The molecule has 1 heteroatoms. The highest BCUT2D eigenvalue weighted by Gasteiger charge is 2.13. The molecule has 0 rings (SSSR count). The number of allylic oxidation sites excluding steroid dienone is 1. The zero-order valence-corrected chi connectivity index (χ0v) is 7.88. The van der Waals surface area contributed by atoms with Gasteiger partial charge in [-0.25, -0.2) is 0 Å². The van der Waals surface area contributed by atoms with Gasteiger partial charge in [0.25, 0.3) is 0 Å². The monoisotopic (exact) mass is 156 g/mol. The summed E-state index contributed by atoms with van der Waals surface area (Å²) >= 11 is 0. The Morgan fingerprint density at radius 3 is 2.36 bits per heavy atom. The van der Waals surface area contributed by atoms with Gasteiger partial charge in [0.2, 0.25) is 0 Å². The molecule has 0 radical (unpaired) electrons. The summed E-state index contributed by atoms with van der Waals surface area (Å²) in [4.78, 5) is 0. The molecule has 0 aromatic carbocycles. The van der Waals surface area contributed by atoms with Gasteiger partial charge in [0.15, 0.2) is 0 Å². The van der Waals surface area contributed by atoms with Gasteiger partial charge in [-0.3, -0.25) is 0 Å². The van der Waals surface area contributed by atoms with Gasteiger partial charge in [0.05, 0.1) is 6.10 Å². The Morgan fingerprint density at radius 1 is 1.45 bits per heavy atom. The highest BCUT2D eigenvalue weighted by Crippen LogP contribution is 2.15. The van der Waals surface area contributed by atoms with Crippen LogP contribution in [-0.4, -0.2) is 11.2 Å². The molecule has 0 aromatic heterocycles. The van der Waals surface area contributed by atoms with Crippen molar-refractivity contribution in [3.63, 3.8) is 0 Å². The summed E-state index contributed by atoms with van der Waals surface area (Å²) in [5.74, 6) is 0.844. The second kappa shape index (κ2) is 5.36. The molecule has 3 atom stereocenters. The van der Waals surface area contributed by atoms with Gasteiger partial charge in [0.1, 0.15) is 0 Å². The quantitative estimate of drug-likeness (QED) is 0.607. The minimum absolute atomic E-state index is 0.159. The van der Waals surface area contributed by atoms with Crippen molar-refractivity contribution in [1.29, 1.82) is 0 Å². The fourth-order valence-corrected chi connectivity index (χ4v) is 0.982. The molecule has 0 spiro atoms. The van der Waals surface area contributed by atoms with E-state index in [-0.39, 0.29) is 6.10 Å². The van der Waals surface area contributed by atoms with Gasteiger partial charge in [-0.05, 0) is 18.3 Å². The maximum absolute atomic E-state index is 9.57. The van der Waals surface area contributed by atoms with Crippen LogP contribution in [0.2, 0.25) is 0 Å². The second-order valence-corrected chi connectivity index (χ2v) is 3.40. The predicted octanol–water partition coefficient (Wildman–Crippen LogP) is 2.61. The van der Waals surface area contributed by atoms with Crippen molar-refractivity contribution in [2.24, 2.45) is 11.8 Å². The standard InChI is InChI=1S/C10H20O/c1-5-8(3)7-10(11)9(4)6-2/h5,8-11H,1,6-7H2,2-4H3/t8-,9+,10-/m1/s1. The molecule has 0 aliphatic heterocycles. The minimum atomic E-state index is -0.159. The molecule has 0 saturated carbocycles. The molecule has 0 bridgehead atoms. The van der Waals surface area contributed by atoms with Crippen molar-refractivity contribution in [2.75, 3.05) is 0 Å². The van der Waals surface area contributed by atoms with Crippen LogP contribution in [0.15, 0.2) is 12.7 Å². The van der Waals surface area contributed by atoms with Gasteiger partial charge in [-0.15, -0.1) is 6.58 Å². The number of rotatable bonds is 5. The second-order valence-electron chi connectivity index (χ2n) is 3.40. The molecule has 1 nitrogen and oxygen atoms in total. The normalized spacial score (nSPS) is 18.9. The first kappa shape index (κ1) is 10.7. The van der Waals surface area contributed by atoms with Crippen molar-refractivity contribution < 1.29 is 5.11 Å². The Morgan fingerprint density at radius 2 is 2.00 bits per heavy atom. The maximum atomic E-state index is 9.57. The van der Waals surface area contributed by atoms with Gasteiger partial charge in [0, 0.05) is 0 Å². The topological polar surface area (TPSA) is 20.2 Å². The zero-order chi connectivity index (χ0) is 8.85. The summed E-state index contributed by atoms with van der Waals surface area (Å²) < 4.78 is 0. The van der Waals surface area contributed by atoms with Crippen molar-refractivity contribution >= 4 is 0 Å². The SMILES string of the molecule is C=C[C@@H](C)C[C@@H](O)[C@@H](C)CC. The minimum Gasteiger partial charge on any atom is -0.393 e. The Kier molecular flexibility index (Phi) is 5.22. The van der Waals surface area contributed by atoms with Crippen molar-refractivity contribution in [3.05, 3.63) is 12.7 Å². The summed E-state index contributed by atoms with van der Waals surface area (Å²) in [5.41, 5.74) is 0. The number of aliphatic hydroxyl groups is 1. The maximum Gasteiger partial charge on any atom is 0.0571 e. The van der Waals surface area contributed by atoms with Crippen LogP contribution >= 0.6 is 0 Å². The number of hydrogen-bond acceptors (Lipinski definition) is 1. The average molecular weight is 156 g/mol. The lowest BCUT2D eigenvalue weighted by Crippen LogP contribution is -2.19. The molecule has 11 heavy (non-hydrogen) atoms. The summed E-state index contributed by atoms with van der Waals surface area (Å²) in [7, 11) is 0. The number of hydrogen-bond donors (Lipinski definition) is 1. The molecule has 0 aliphatic rings. The first-order chi connectivity index (χ1) is 5.11. The summed E-state index contributed by atoms with van der Waals surface area (Å²) in [6.07, 6.45) is 3.63.